The molecule has 98 valence electrons. The Labute approximate surface area is 121 Å². The minimum Gasteiger partial charge on any atom is -0.489 e. The highest BCUT2D eigenvalue weighted by Crippen LogP contribution is 2.26. The van der Waals surface area contributed by atoms with E-state index in [2.05, 4.69) is 39.4 Å². The van der Waals surface area contributed by atoms with Gasteiger partial charge in [0.1, 0.15) is 12.4 Å². The minimum atomic E-state index is 0.631. The summed E-state index contributed by atoms with van der Waals surface area (Å²) in [5, 5.41) is 3.45. The molecule has 2 nitrogen and oxygen atoms in total. The number of hydrogen-bond donors (Lipinski definition) is 1. The summed E-state index contributed by atoms with van der Waals surface area (Å²) in [5.74, 6) is 0.907. The Morgan fingerprint density at radius 1 is 1.11 bits per heavy atom. The Balaban J connectivity index is 1.75. The average Bonchev–Trinajstić information content (AvgIpc) is 2.47. The van der Waals surface area contributed by atoms with Gasteiger partial charge in [-0.15, -0.1) is 0 Å². The van der Waals surface area contributed by atoms with E-state index in [4.69, 9.17) is 4.74 Å². The zero-order valence-corrected chi connectivity index (χ0v) is 12.2. The molecule has 1 aliphatic rings. The SMILES string of the molecule is Brc1ccc(OCc2cccc3c2CCCN3)cc1. The molecule has 3 rings (SSSR count). The van der Waals surface area contributed by atoms with Crippen molar-refractivity contribution in [2.75, 3.05) is 11.9 Å². The van der Waals surface area contributed by atoms with Gasteiger partial charge in [-0.25, -0.2) is 0 Å². The molecule has 1 N–H and O–H groups in total. The van der Waals surface area contributed by atoms with E-state index in [9.17, 15) is 0 Å². The van der Waals surface area contributed by atoms with E-state index in [0.29, 0.717) is 6.61 Å². The molecule has 2 aromatic rings. The molecule has 19 heavy (non-hydrogen) atoms. The molecule has 0 bridgehead atoms. The van der Waals surface area contributed by atoms with Gasteiger partial charge in [0.2, 0.25) is 0 Å². The highest BCUT2D eigenvalue weighted by molar-refractivity contribution is 9.10. The highest BCUT2D eigenvalue weighted by Gasteiger charge is 2.12. The molecule has 0 saturated carbocycles. The summed E-state index contributed by atoms with van der Waals surface area (Å²) in [6.07, 6.45) is 2.34. The number of halogens is 1. The van der Waals surface area contributed by atoms with E-state index in [1.807, 2.05) is 24.3 Å². The van der Waals surface area contributed by atoms with Crippen molar-refractivity contribution in [2.24, 2.45) is 0 Å². The Morgan fingerprint density at radius 2 is 1.95 bits per heavy atom. The second-order valence-electron chi connectivity index (χ2n) is 4.72. The zero-order valence-electron chi connectivity index (χ0n) is 10.7. The lowest BCUT2D eigenvalue weighted by Gasteiger charge is -2.21. The van der Waals surface area contributed by atoms with Gasteiger partial charge in [-0.2, -0.15) is 0 Å². The number of hydrogen-bond acceptors (Lipinski definition) is 2. The van der Waals surface area contributed by atoms with Gasteiger partial charge in [-0.3, -0.25) is 0 Å². The molecule has 0 fully saturated rings. The van der Waals surface area contributed by atoms with E-state index >= 15 is 0 Å². The molecule has 0 atom stereocenters. The van der Waals surface area contributed by atoms with Crippen LogP contribution >= 0.6 is 15.9 Å². The van der Waals surface area contributed by atoms with Crippen LogP contribution in [0.5, 0.6) is 5.75 Å². The molecule has 0 aromatic heterocycles. The fourth-order valence-corrected chi connectivity index (χ4v) is 2.68. The number of anilines is 1. The quantitative estimate of drug-likeness (QED) is 0.906. The Hall–Kier alpha value is -1.48. The van der Waals surface area contributed by atoms with Gasteiger partial charge in [0.25, 0.3) is 0 Å². The van der Waals surface area contributed by atoms with Crippen LogP contribution in [0.25, 0.3) is 0 Å². The third-order valence-electron chi connectivity index (χ3n) is 3.40. The normalized spacial score (nSPS) is 13.5. The van der Waals surface area contributed by atoms with Gasteiger partial charge in [0, 0.05) is 16.7 Å². The van der Waals surface area contributed by atoms with Crippen molar-refractivity contribution in [2.45, 2.75) is 19.4 Å². The van der Waals surface area contributed by atoms with Crippen molar-refractivity contribution >= 4 is 21.6 Å². The third kappa shape index (κ3) is 2.92. The first-order valence-corrected chi connectivity index (χ1v) is 7.35. The lowest BCUT2D eigenvalue weighted by Crippen LogP contribution is -2.14. The third-order valence-corrected chi connectivity index (χ3v) is 3.93. The standard InChI is InChI=1S/C16H16BrNO/c17-13-6-8-14(9-7-13)19-11-12-3-1-5-16-15(12)4-2-10-18-16/h1,3,5-9,18H,2,4,10-11H2. The lowest BCUT2D eigenvalue weighted by atomic mass is 9.98. The molecule has 0 radical (unpaired) electrons. The Bertz CT molecular complexity index is 565. The van der Waals surface area contributed by atoms with Crippen molar-refractivity contribution < 1.29 is 4.74 Å². The number of fused-ring (bicyclic) bond motifs is 1. The van der Waals surface area contributed by atoms with Crippen LogP contribution in [0.15, 0.2) is 46.9 Å². The molecular weight excluding hydrogens is 302 g/mol. The number of ether oxygens (including phenoxy) is 1. The number of rotatable bonds is 3. The molecule has 0 amide bonds. The van der Waals surface area contributed by atoms with Crippen LogP contribution < -0.4 is 10.1 Å². The number of nitrogens with one attached hydrogen (secondary N) is 1. The van der Waals surface area contributed by atoms with Gasteiger partial charge in [-0.05, 0) is 54.3 Å². The second-order valence-corrected chi connectivity index (χ2v) is 5.63. The highest BCUT2D eigenvalue weighted by atomic mass is 79.9. The van der Waals surface area contributed by atoms with Crippen LogP contribution in [0, 0.1) is 0 Å². The van der Waals surface area contributed by atoms with Gasteiger partial charge >= 0.3 is 0 Å². The van der Waals surface area contributed by atoms with Crippen LogP contribution in [0.2, 0.25) is 0 Å². The maximum atomic E-state index is 5.86. The first kappa shape index (κ1) is 12.5. The summed E-state index contributed by atoms with van der Waals surface area (Å²) in [4.78, 5) is 0. The molecule has 0 saturated heterocycles. The smallest absolute Gasteiger partial charge is 0.119 e. The van der Waals surface area contributed by atoms with Gasteiger partial charge in [-0.1, -0.05) is 28.1 Å². The summed E-state index contributed by atoms with van der Waals surface area (Å²) in [6.45, 7) is 1.70. The largest absolute Gasteiger partial charge is 0.489 e. The van der Waals surface area contributed by atoms with Crippen LogP contribution in [0.3, 0.4) is 0 Å². The Morgan fingerprint density at radius 3 is 2.79 bits per heavy atom. The minimum absolute atomic E-state index is 0.631. The second kappa shape index (κ2) is 5.66. The molecule has 0 unspecified atom stereocenters. The first-order valence-electron chi connectivity index (χ1n) is 6.56. The fourth-order valence-electron chi connectivity index (χ4n) is 2.41. The molecule has 0 spiro atoms. The van der Waals surface area contributed by atoms with Gasteiger partial charge in [0.15, 0.2) is 0 Å². The van der Waals surface area contributed by atoms with Crippen LogP contribution in [0.1, 0.15) is 17.5 Å². The Kier molecular flexibility index (Phi) is 3.74. The number of benzene rings is 2. The lowest BCUT2D eigenvalue weighted by molar-refractivity contribution is 0.305. The van der Waals surface area contributed by atoms with Crippen molar-refractivity contribution in [3.05, 3.63) is 58.1 Å². The predicted molar refractivity (Wildman–Crippen MR) is 81.7 cm³/mol. The molecule has 0 aliphatic carbocycles. The summed E-state index contributed by atoms with van der Waals surface area (Å²) in [6, 6.07) is 14.4. The van der Waals surface area contributed by atoms with E-state index in [1.165, 1.54) is 23.2 Å². The van der Waals surface area contributed by atoms with E-state index in [-0.39, 0.29) is 0 Å². The first-order chi connectivity index (χ1) is 9.33. The summed E-state index contributed by atoms with van der Waals surface area (Å²) in [7, 11) is 0. The predicted octanol–water partition coefficient (Wildman–Crippen LogP) is 4.39. The van der Waals surface area contributed by atoms with Crippen LogP contribution in [-0.4, -0.2) is 6.54 Å². The topological polar surface area (TPSA) is 21.3 Å². The van der Waals surface area contributed by atoms with Gasteiger partial charge < -0.3 is 10.1 Å². The van der Waals surface area contributed by atoms with Crippen molar-refractivity contribution in [1.82, 2.24) is 0 Å². The van der Waals surface area contributed by atoms with E-state index in [1.54, 1.807) is 0 Å². The van der Waals surface area contributed by atoms with Gasteiger partial charge in [0.05, 0.1) is 0 Å². The molecule has 3 heteroatoms. The van der Waals surface area contributed by atoms with Crippen molar-refractivity contribution in [1.29, 1.82) is 0 Å². The monoisotopic (exact) mass is 317 g/mol. The molecule has 1 heterocycles. The van der Waals surface area contributed by atoms with Crippen molar-refractivity contribution in [3.63, 3.8) is 0 Å². The zero-order chi connectivity index (χ0) is 13.1. The fraction of sp³-hybridized carbons (Fsp3) is 0.250. The van der Waals surface area contributed by atoms with E-state index in [0.717, 1.165) is 23.2 Å². The summed E-state index contributed by atoms with van der Waals surface area (Å²) < 4.78 is 6.94. The summed E-state index contributed by atoms with van der Waals surface area (Å²) in [5.41, 5.74) is 3.96. The molecular formula is C16H16BrNO. The van der Waals surface area contributed by atoms with Crippen LogP contribution in [-0.2, 0) is 13.0 Å². The average molecular weight is 318 g/mol. The van der Waals surface area contributed by atoms with Crippen molar-refractivity contribution in [3.8, 4) is 5.75 Å². The maximum absolute atomic E-state index is 5.86. The molecule has 2 aromatic carbocycles. The van der Waals surface area contributed by atoms with Crippen LogP contribution in [0.4, 0.5) is 5.69 Å². The van der Waals surface area contributed by atoms with E-state index < -0.39 is 0 Å². The summed E-state index contributed by atoms with van der Waals surface area (Å²) >= 11 is 3.43. The maximum Gasteiger partial charge on any atom is 0.119 e. The molecule has 1 aliphatic heterocycles.